The van der Waals surface area contributed by atoms with Crippen molar-refractivity contribution in [1.29, 1.82) is 0 Å². The molecule has 2 aliphatic rings. The Morgan fingerprint density at radius 3 is 2.51 bits per heavy atom. The largest absolute Gasteiger partial charge is 0.508 e. The molecule has 5 heteroatoms. The van der Waals surface area contributed by atoms with E-state index in [1.165, 1.54) is 24.4 Å². The number of allylic oxidation sites excluding steroid dienone is 1. The molecule has 0 radical (unpaired) electrons. The fraction of sp³-hybridized carbons (Fsp3) is 0.333. The fourth-order valence-electron chi connectivity index (χ4n) is 5.15. The zero-order chi connectivity index (χ0) is 24.5. The number of phenols is 2. The third kappa shape index (κ3) is 5.07. The SMILES string of the molecule is CC1=C(c2cccc(O)c2)C(c2ccc(SC[C@H](C)N3CC[C@@H](C)C3)cc2)Oc2ccc(O)cc21. The van der Waals surface area contributed by atoms with Gasteiger partial charge in [0.1, 0.15) is 23.4 Å². The van der Waals surface area contributed by atoms with Crippen molar-refractivity contribution in [2.75, 3.05) is 18.8 Å². The van der Waals surface area contributed by atoms with E-state index in [1.807, 2.05) is 30.0 Å². The second-order valence-electron chi connectivity index (χ2n) is 9.89. The molecule has 0 spiro atoms. The van der Waals surface area contributed by atoms with Gasteiger partial charge in [-0.15, -0.1) is 11.8 Å². The molecule has 1 unspecified atom stereocenters. The van der Waals surface area contributed by atoms with Crippen LogP contribution in [0.25, 0.3) is 11.1 Å². The van der Waals surface area contributed by atoms with E-state index in [9.17, 15) is 10.2 Å². The molecule has 182 valence electrons. The summed E-state index contributed by atoms with van der Waals surface area (Å²) in [6, 6.07) is 21.8. The molecule has 1 fully saturated rings. The predicted molar refractivity (Wildman–Crippen MR) is 144 cm³/mol. The van der Waals surface area contributed by atoms with Gasteiger partial charge in [0, 0.05) is 34.4 Å². The van der Waals surface area contributed by atoms with Crippen molar-refractivity contribution in [3.8, 4) is 17.2 Å². The van der Waals surface area contributed by atoms with E-state index in [1.54, 1.807) is 24.3 Å². The standard InChI is InChI=1S/C30H33NO3S/c1-19-13-14-31(17-19)20(2)18-35-26-10-7-22(8-11-26)30-29(23-5-4-6-24(32)15-23)21(3)27-16-25(33)9-12-28(27)34-30/h4-12,15-16,19-20,30,32-33H,13-14,17-18H2,1-3H3/t19-,20+,30?/m1/s1. The predicted octanol–water partition coefficient (Wildman–Crippen LogP) is 6.98. The van der Waals surface area contributed by atoms with Gasteiger partial charge >= 0.3 is 0 Å². The van der Waals surface area contributed by atoms with Gasteiger partial charge in [-0.25, -0.2) is 0 Å². The van der Waals surface area contributed by atoms with Crippen LogP contribution < -0.4 is 4.74 Å². The first-order valence-electron chi connectivity index (χ1n) is 12.4. The van der Waals surface area contributed by atoms with Crippen molar-refractivity contribution in [3.05, 3.63) is 83.4 Å². The molecule has 3 atom stereocenters. The van der Waals surface area contributed by atoms with Crippen LogP contribution in [0.1, 0.15) is 50.0 Å². The lowest BCUT2D eigenvalue weighted by molar-refractivity contribution is 0.259. The number of likely N-dealkylation sites (tertiary alicyclic amines) is 1. The van der Waals surface area contributed by atoms with Crippen molar-refractivity contribution < 1.29 is 14.9 Å². The van der Waals surface area contributed by atoms with Crippen LogP contribution in [0.15, 0.2) is 71.6 Å². The van der Waals surface area contributed by atoms with Crippen LogP contribution >= 0.6 is 11.8 Å². The zero-order valence-corrected chi connectivity index (χ0v) is 21.4. The summed E-state index contributed by atoms with van der Waals surface area (Å²) in [5.74, 6) is 3.07. The van der Waals surface area contributed by atoms with E-state index >= 15 is 0 Å². The Labute approximate surface area is 212 Å². The van der Waals surface area contributed by atoms with Crippen molar-refractivity contribution >= 4 is 22.9 Å². The maximum atomic E-state index is 10.1. The van der Waals surface area contributed by atoms with E-state index in [-0.39, 0.29) is 17.6 Å². The smallest absolute Gasteiger partial charge is 0.150 e. The fourth-order valence-corrected chi connectivity index (χ4v) is 6.12. The molecule has 3 aromatic rings. The maximum absolute atomic E-state index is 10.1. The average molecular weight is 488 g/mol. The van der Waals surface area contributed by atoms with Gasteiger partial charge in [-0.3, -0.25) is 4.90 Å². The summed E-state index contributed by atoms with van der Waals surface area (Å²) in [6.07, 6.45) is 1.00. The first kappa shape index (κ1) is 23.8. The molecule has 4 nitrogen and oxygen atoms in total. The number of thioether (sulfide) groups is 1. The van der Waals surface area contributed by atoms with Crippen LogP contribution in [0.5, 0.6) is 17.2 Å². The summed E-state index contributed by atoms with van der Waals surface area (Å²) in [5, 5.41) is 20.2. The summed E-state index contributed by atoms with van der Waals surface area (Å²) in [7, 11) is 0. The van der Waals surface area contributed by atoms with Gasteiger partial charge < -0.3 is 14.9 Å². The molecule has 2 heterocycles. The Kier molecular flexibility index (Phi) is 6.81. The minimum absolute atomic E-state index is 0.208. The number of phenolic OH excluding ortho intramolecular Hbond substituents is 2. The molecule has 0 amide bonds. The first-order chi connectivity index (χ1) is 16.9. The van der Waals surface area contributed by atoms with Crippen molar-refractivity contribution in [2.24, 2.45) is 5.92 Å². The van der Waals surface area contributed by atoms with Crippen molar-refractivity contribution in [2.45, 2.75) is 44.2 Å². The van der Waals surface area contributed by atoms with Crippen LogP contribution in [-0.2, 0) is 0 Å². The normalized spacial score (nSPS) is 21.0. The van der Waals surface area contributed by atoms with E-state index < -0.39 is 0 Å². The summed E-state index contributed by atoms with van der Waals surface area (Å²) >= 11 is 1.91. The third-order valence-corrected chi connectivity index (χ3v) is 8.44. The molecular formula is C30H33NO3S. The average Bonchev–Trinajstić information content (AvgIpc) is 3.29. The Balaban J connectivity index is 1.41. The molecule has 0 saturated carbocycles. The van der Waals surface area contributed by atoms with Crippen molar-refractivity contribution in [1.82, 2.24) is 4.90 Å². The lowest BCUT2D eigenvalue weighted by Crippen LogP contribution is -2.32. The number of fused-ring (bicyclic) bond motifs is 1. The maximum Gasteiger partial charge on any atom is 0.150 e. The molecular weight excluding hydrogens is 454 g/mol. The van der Waals surface area contributed by atoms with Crippen molar-refractivity contribution in [3.63, 3.8) is 0 Å². The van der Waals surface area contributed by atoms with Gasteiger partial charge in [-0.05, 0) is 91.9 Å². The number of rotatable bonds is 6. The molecule has 0 aliphatic carbocycles. The highest BCUT2D eigenvalue weighted by Crippen LogP contribution is 2.47. The topological polar surface area (TPSA) is 52.9 Å². The molecule has 2 N–H and O–H groups in total. The highest BCUT2D eigenvalue weighted by Gasteiger charge is 2.30. The minimum Gasteiger partial charge on any atom is -0.508 e. The lowest BCUT2D eigenvalue weighted by Gasteiger charge is -2.31. The van der Waals surface area contributed by atoms with Crippen LogP contribution in [0.4, 0.5) is 0 Å². The third-order valence-electron chi connectivity index (χ3n) is 7.19. The Morgan fingerprint density at radius 2 is 1.80 bits per heavy atom. The quantitative estimate of drug-likeness (QED) is 0.367. The first-order valence-corrected chi connectivity index (χ1v) is 13.3. The Bertz CT molecular complexity index is 1240. The molecule has 5 rings (SSSR count). The summed E-state index contributed by atoms with van der Waals surface area (Å²) < 4.78 is 6.50. The van der Waals surface area contributed by atoms with Crippen LogP contribution in [0.3, 0.4) is 0 Å². The Hall–Kier alpha value is -2.89. The van der Waals surface area contributed by atoms with Gasteiger partial charge in [0.05, 0.1) is 0 Å². The number of hydrogen-bond acceptors (Lipinski definition) is 5. The highest BCUT2D eigenvalue weighted by atomic mass is 32.2. The van der Waals surface area contributed by atoms with E-state index in [0.29, 0.717) is 6.04 Å². The summed E-state index contributed by atoms with van der Waals surface area (Å²) in [6.45, 7) is 9.15. The van der Waals surface area contributed by atoms with Gasteiger partial charge in [0.2, 0.25) is 0 Å². The van der Waals surface area contributed by atoms with Gasteiger partial charge in [-0.2, -0.15) is 0 Å². The zero-order valence-electron chi connectivity index (χ0n) is 20.6. The summed E-state index contributed by atoms with van der Waals surface area (Å²) in [4.78, 5) is 3.86. The van der Waals surface area contributed by atoms with Gasteiger partial charge in [-0.1, -0.05) is 31.2 Å². The molecule has 35 heavy (non-hydrogen) atoms. The molecule has 0 bridgehead atoms. The van der Waals surface area contributed by atoms with Crippen LogP contribution in [0, 0.1) is 5.92 Å². The number of nitrogens with zero attached hydrogens (tertiary/aromatic N) is 1. The van der Waals surface area contributed by atoms with Gasteiger partial charge in [0.25, 0.3) is 0 Å². The van der Waals surface area contributed by atoms with Crippen LogP contribution in [0.2, 0.25) is 0 Å². The highest BCUT2D eigenvalue weighted by molar-refractivity contribution is 7.99. The Morgan fingerprint density at radius 1 is 1.03 bits per heavy atom. The van der Waals surface area contributed by atoms with E-state index in [2.05, 4.69) is 49.9 Å². The minimum atomic E-state index is -0.307. The van der Waals surface area contributed by atoms with E-state index in [0.717, 1.165) is 45.3 Å². The second kappa shape index (κ2) is 10.00. The summed E-state index contributed by atoms with van der Waals surface area (Å²) in [5.41, 5.74) is 4.87. The number of benzene rings is 3. The van der Waals surface area contributed by atoms with E-state index in [4.69, 9.17) is 4.74 Å². The number of aromatic hydroxyl groups is 2. The second-order valence-corrected chi connectivity index (χ2v) is 11.0. The van der Waals surface area contributed by atoms with Crippen LogP contribution in [-0.4, -0.2) is 40.0 Å². The number of hydrogen-bond donors (Lipinski definition) is 2. The number of ether oxygens (including phenoxy) is 1. The molecule has 3 aromatic carbocycles. The lowest BCUT2D eigenvalue weighted by atomic mass is 9.86. The molecule has 1 saturated heterocycles. The molecule has 2 aliphatic heterocycles. The monoisotopic (exact) mass is 487 g/mol. The molecule has 0 aromatic heterocycles. The van der Waals surface area contributed by atoms with Gasteiger partial charge in [0.15, 0.2) is 0 Å².